The van der Waals surface area contributed by atoms with Crippen LogP contribution < -0.4 is 16.0 Å². The van der Waals surface area contributed by atoms with E-state index in [2.05, 4.69) is 81.3 Å². The summed E-state index contributed by atoms with van der Waals surface area (Å²) in [6.45, 7) is 11.4. The van der Waals surface area contributed by atoms with E-state index in [1.165, 1.54) is 34.3 Å². The summed E-state index contributed by atoms with van der Waals surface area (Å²) in [4.78, 5) is 27.5. The van der Waals surface area contributed by atoms with E-state index >= 15 is 0 Å². The van der Waals surface area contributed by atoms with Gasteiger partial charge in [-0.2, -0.15) is 0 Å². The van der Waals surface area contributed by atoms with E-state index in [1.807, 2.05) is 49.4 Å². The molecule has 5 aromatic rings. The van der Waals surface area contributed by atoms with Gasteiger partial charge in [0.1, 0.15) is 12.1 Å². The van der Waals surface area contributed by atoms with Crippen LogP contribution in [0.15, 0.2) is 84.0 Å². The number of aromatic nitrogens is 3. The van der Waals surface area contributed by atoms with Crippen molar-refractivity contribution in [2.45, 2.75) is 64.5 Å². The van der Waals surface area contributed by atoms with Crippen molar-refractivity contribution in [3.63, 3.8) is 0 Å². The Kier molecular flexibility index (Phi) is 13.4. The minimum atomic E-state index is -0.0878. The molecule has 0 bridgehead atoms. The van der Waals surface area contributed by atoms with Gasteiger partial charge in [0.25, 0.3) is 5.91 Å². The van der Waals surface area contributed by atoms with Gasteiger partial charge in [-0.05, 0) is 86.9 Å². The van der Waals surface area contributed by atoms with Crippen molar-refractivity contribution in [1.82, 2.24) is 24.6 Å². The van der Waals surface area contributed by atoms with Gasteiger partial charge in [-0.1, -0.05) is 67.1 Å². The molecule has 1 fully saturated rings. The summed E-state index contributed by atoms with van der Waals surface area (Å²) >= 11 is 3.51. The van der Waals surface area contributed by atoms with E-state index in [4.69, 9.17) is 9.72 Å². The van der Waals surface area contributed by atoms with Gasteiger partial charge in [0.05, 0.1) is 22.5 Å². The number of rotatable bonds is 15. The minimum absolute atomic E-state index is 0.0878. The van der Waals surface area contributed by atoms with E-state index in [0.29, 0.717) is 36.5 Å². The van der Waals surface area contributed by atoms with E-state index in [1.54, 1.807) is 30.4 Å². The number of carbonyl (C=O) groups is 1. The van der Waals surface area contributed by atoms with Gasteiger partial charge in [0, 0.05) is 55.0 Å². The zero-order valence-corrected chi connectivity index (χ0v) is 30.7. The Labute approximate surface area is 298 Å². The Morgan fingerprint density at radius 2 is 1.86 bits per heavy atom. The van der Waals surface area contributed by atoms with Crippen LogP contribution in [0.5, 0.6) is 0 Å². The molecule has 0 radical (unpaired) electrons. The number of nitrogens with zero attached hydrogens (tertiary/aromatic N) is 4. The molecule has 2 aromatic heterocycles. The van der Waals surface area contributed by atoms with Crippen molar-refractivity contribution in [2.24, 2.45) is 5.92 Å². The lowest BCUT2D eigenvalue weighted by molar-refractivity contribution is 0.0952. The van der Waals surface area contributed by atoms with Gasteiger partial charge < -0.3 is 20.7 Å². The lowest BCUT2D eigenvalue weighted by Gasteiger charge is -2.23. The fraction of sp³-hybridized carbons (Fsp3) is 0.368. The number of amides is 1. The molecule has 1 amide bonds. The third-order valence-electron chi connectivity index (χ3n) is 7.66. The molecular formula is C38H47N7O2S2. The van der Waals surface area contributed by atoms with Gasteiger partial charge >= 0.3 is 0 Å². The number of thiazole rings is 1. The number of benzene rings is 3. The monoisotopic (exact) mass is 697 g/mol. The lowest BCUT2D eigenvalue weighted by atomic mass is 10.1. The van der Waals surface area contributed by atoms with Crippen LogP contribution in [0, 0.1) is 19.8 Å². The SMILES string of the molecule is COCc1cc(Nc2cc(C(=O)NCCCN(CC(C)C)Sc3ccc4nc(NC5CC5)sc4c3)ccc2C)ncn1.Cc1ccccc1. The van der Waals surface area contributed by atoms with E-state index in [9.17, 15) is 4.79 Å². The molecule has 1 aliphatic rings. The fourth-order valence-electron chi connectivity index (χ4n) is 4.98. The number of carbonyl (C=O) groups excluding carboxylic acids is 1. The van der Waals surface area contributed by atoms with Gasteiger partial charge in [-0.3, -0.25) is 4.79 Å². The van der Waals surface area contributed by atoms with Crippen molar-refractivity contribution < 1.29 is 9.53 Å². The molecule has 11 heteroatoms. The van der Waals surface area contributed by atoms with E-state index < -0.39 is 0 Å². The Morgan fingerprint density at radius 3 is 2.57 bits per heavy atom. The highest BCUT2D eigenvalue weighted by atomic mass is 32.2. The van der Waals surface area contributed by atoms with Crippen molar-refractivity contribution >= 4 is 56.0 Å². The summed E-state index contributed by atoms with van der Waals surface area (Å²) < 4.78 is 8.78. The van der Waals surface area contributed by atoms with Crippen molar-refractivity contribution in [3.05, 3.63) is 102 Å². The highest BCUT2D eigenvalue weighted by Crippen LogP contribution is 2.34. The minimum Gasteiger partial charge on any atom is -0.378 e. The molecule has 1 aliphatic carbocycles. The molecular weight excluding hydrogens is 651 g/mol. The molecule has 9 nitrogen and oxygen atoms in total. The number of methoxy groups -OCH3 is 1. The van der Waals surface area contributed by atoms with Crippen LogP contribution in [0.25, 0.3) is 10.2 Å². The summed E-state index contributed by atoms with van der Waals surface area (Å²) in [5.74, 6) is 1.10. The molecule has 0 spiro atoms. The summed E-state index contributed by atoms with van der Waals surface area (Å²) in [5, 5.41) is 10.9. The van der Waals surface area contributed by atoms with Gasteiger partial charge in [0.15, 0.2) is 5.13 Å². The van der Waals surface area contributed by atoms with E-state index in [-0.39, 0.29) is 5.91 Å². The normalized spacial score (nSPS) is 12.6. The van der Waals surface area contributed by atoms with Crippen LogP contribution >= 0.6 is 23.3 Å². The maximum atomic E-state index is 13.0. The second-order valence-electron chi connectivity index (χ2n) is 12.7. The molecule has 258 valence electrons. The predicted octanol–water partition coefficient (Wildman–Crippen LogP) is 8.64. The standard InChI is InChI=1S/C31H39N7O2S2.C7H8/c1-20(2)17-38(42-25-10-11-26-28(16-25)41-31(37-26)35-23-8-9-23)13-5-12-32-30(39)22-7-6-21(3)27(14-22)36-29-15-24(18-40-4)33-19-34-29;1-7-5-3-2-4-6-7/h6-7,10-11,14-16,19-20,23H,5,8-9,12-13,17-18H2,1-4H3,(H,32,39)(H,35,37)(H,33,34,36);2-6H,1H3. The Morgan fingerprint density at radius 1 is 1.04 bits per heavy atom. The van der Waals surface area contributed by atoms with Crippen LogP contribution in [0.4, 0.5) is 16.6 Å². The topological polar surface area (TPSA) is 104 Å². The zero-order valence-electron chi connectivity index (χ0n) is 29.0. The van der Waals surface area contributed by atoms with Crippen molar-refractivity contribution in [3.8, 4) is 0 Å². The number of hydrogen-bond acceptors (Lipinski definition) is 10. The first-order valence-electron chi connectivity index (χ1n) is 16.8. The Hall–Kier alpha value is -4.03. The molecule has 49 heavy (non-hydrogen) atoms. The molecule has 6 rings (SSSR count). The molecule has 3 aromatic carbocycles. The fourth-order valence-corrected chi connectivity index (χ4v) is 7.23. The molecule has 0 saturated heterocycles. The van der Waals surface area contributed by atoms with Crippen molar-refractivity contribution in [2.75, 3.05) is 37.4 Å². The first kappa shape index (κ1) is 36.3. The maximum Gasteiger partial charge on any atom is 0.251 e. The lowest BCUT2D eigenvalue weighted by Crippen LogP contribution is -2.28. The highest BCUT2D eigenvalue weighted by molar-refractivity contribution is 7.97. The average Bonchev–Trinajstić information content (AvgIpc) is 3.80. The maximum absolute atomic E-state index is 13.0. The second-order valence-corrected chi connectivity index (χ2v) is 14.9. The van der Waals surface area contributed by atoms with E-state index in [0.717, 1.165) is 47.1 Å². The van der Waals surface area contributed by atoms with Crippen LogP contribution in [0.3, 0.4) is 0 Å². The smallest absolute Gasteiger partial charge is 0.251 e. The number of aryl methyl sites for hydroxylation is 2. The second kappa shape index (κ2) is 18.1. The van der Waals surface area contributed by atoms with Gasteiger partial charge in [0.2, 0.25) is 0 Å². The predicted molar refractivity (Wildman–Crippen MR) is 204 cm³/mol. The summed E-state index contributed by atoms with van der Waals surface area (Å²) in [6, 6.07) is 24.9. The van der Waals surface area contributed by atoms with Crippen molar-refractivity contribution in [1.29, 1.82) is 0 Å². The van der Waals surface area contributed by atoms with Gasteiger partial charge in [-0.25, -0.2) is 19.3 Å². The summed E-state index contributed by atoms with van der Waals surface area (Å²) in [5.41, 5.74) is 5.61. The molecule has 0 unspecified atom stereocenters. The Balaban J connectivity index is 0.000000595. The first-order chi connectivity index (χ1) is 23.7. The third-order valence-corrected chi connectivity index (χ3v) is 9.66. The summed E-state index contributed by atoms with van der Waals surface area (Å²) in [6.07, 6.45) is 4.84. The first-order valence-corrected chi connectivity index (χ1v) is 18.4. The number of anilines is 3. The number of hydrogen-bond donors (Lipinski definition) is 3. The number of nitrogens with one attached hydrogen (secondary N) is 3. The average molecular weight is 698 g/mol. The van der Waals surface area contributed by atoms with Crippen LogP contribution in [-0.4, -0.2) is 58.0 Å². The molecule has 0 aliphatic heterocycles. The largest absolute Gasteiger partial charge is 0.378 e. The summed E-state index contributed by atoms with van der Waals surface area (Å²) in [7, 11) is 1.63. The highest BCUT2D eigenvalue weighted by Gasteiger charge is 2.22. The molecule has 1 saturated carbocycles. The molecule has 3 N–H and O–H groups in total. The molecule has 0 atom stereocenters. The third kappa shape index (κ3) is 11.8. The number of fused-ring (bicyclic) bond motifs is 1. The number of ether oxygens (including phenoxy) is 1. The van der Waals surface area contributed by atoms with Crippen LogP contribution in [0.2, 0.25) is 0 Å². The zero-order chi connectivity index (χ0) is 34.6. The van der Waals surface area contributed by atoms with Crippen LogP contribution in [0.1, 0.15) is 60.3 Å². The van der Waals surface area contributed by atoms with Crippen LogP contribution in [-0.2, 0) is 11.3 Å². The quantitative estimate of drug-likeness (QED) is 0.0733. The van der Waals surface area contributed by atoms with Gasteiger partial charge in [-0.15, -0.1) is 0 Å². The Bertz CT molecular complexity index is 1790. The molecule has 2 heterocycles.